The van der Waals surface area contributed by atoms with Crippen LogP contribution in [0.2, 0.25) is 0 Å². The minimum atomic E-state index is -0.645. The number of anilines is 1. The van der Waals surface area contributed by atoms with Crippen molar-refractivity contribution in [2.24, 2.45) is 0 Å². The summed E-state index contributed by atoms with van der Waals surface area (Å²) in [6.45, 7) is 9.29. The fourth-order valence-electron chi connectivity index (χ4n) is 2.57. The molecule has 7 heteroatoms. The zero-order chi connectivity index (χ0) is 22.3. The van der Waals surface area contributed by atoms with Gasteiger partial charge in [-0.1, -0.05) is 18.2 Å². The van der Waals surface area contributed by atoms with Crippen LogP contribution < -0.4 is 16.0 Å². The minimum Gasteiger partial charge on any atom is -0.444 e. The molecule has 0 fully saturated rings. The molecule has 0 saturated carbocycles. The molecule has 3 amide bonds. The molecule has 7 nitrogen and oxygen atoms in total. The zero-order valence-electron chi connectivity index (χ0n) is 18.1. The number of alkyl carbamates (subject to hydrolysis) is 1. The predicted molar refractivity (Wildman–Crippen MR) is 116 cm³/mol. The van der Waals surface area contributed by atoms with Gasteiger partial charge in [0.05, 0.1) is 0 Å². The van der Waals surface area contributed by atoms with Gasteiger partial charge in [0.15, 0.2) is 0 Å². The first-order valence-electron chi connectivity index (χ1n) is 9.74. The van der Waals surface area contributed by atoms with Crippen LogP contribution in [0.1, 0.15) is 47.8 Å². The normalized spacial score (nSPS) is 10.8. The van der Waals surface area contributed by atoms with Gasteiger partial charge in [0.25, 0.3) is 5.91 Å². The molecule has 0 spiro atoms. The van der Waals surface area contributed by atoms with Crippen LogP contribution in [0, 0.1) is 13.8 Å². The number of carbonyl (C=O) groups is 3. The van der Waals surface area contributed by atoms with Crippen molar-refractivity contribution in [3.8, 4) is 0 Å². The van der Waals surface area contributed by atoms with E-state index in [0.717, 1.165) is 16.7 Å². The van der Waals surface area contributed by atoms with E-state index < -0.39 is 11.7 Å². The molecule has 3 N–H and O–H groups in total. The van der Waals surface area contributed by atoms with Crippen LogP contribution in [0.25, 0.3) is 0 Å². The molecular weight excluding hydrogens is 382 g/mol. The Morgan fingerprint density at radius 2 is 1.67 bits per heavy atom. The summed E-state index contributed by atoms with van der Waals surface area (Å²) in [5.74, 6) is -0.536. The molecule has 30 heavy (non-hydrogen) atoms. The largest absolute Gasteiger partial charge is 0.444 e. The lowest BCUT2D eigenvalue weighted by atomic mass is 10.1. The van der Waals surface area contributed by atoms with Crippen LogP contribution in [0.15, 0.2) is 42.5 Å². The van der Waals surface area contributed by atoms with E-state index in [0.29, 0.717) is 11.3 Å². The van der Waals surface area contributed by atoms with Crippen LogP contribution in [-0.2, 0) is 16.1 Å². The number of ether oxygens (including phenoxy) is 1. The number of nitrogens with one attached hydrogen (secondary N) is 3. The third kappa shape index (κ3) is 7.58. The minimum absolute atomic E-state index is 0.182. The highest BCUT2D eigenvalue weighted by atomic mass is 16.6. The molecular formula is C23H29N3O4. The fraction of sp³-hybridized carbons (Fsp3) is 0.348. The molecule has 0 aliphatic carbocycles. The van der Waals surface area contributed by atoms with Crippen LogP contribution >= 0.6 is 0 Å². The molecule has 0 aromatic heterocycles. The molecule has 160 valence electrons. The summed E-state index contributed by atoms with van der Waals surface area (Å²) >= 11 is 0. The SMILES string of the molecule is Cc1ccc(C(=O)Nc2cccc(CNC(=O)CNC(=O)OC(C)(C)C)c2)cc1C. The summed E-state index contributed by atoms with van der Waals surface area (Å²) in [6.07, 6.45) is -0.645. The molecule has 0 heterocycles. The Bertz CT molecular complexity index is 932. The van der Waals surface area contributed by atoms with E-state index in [1.54, 1.807) is 45.0 Å². The van der Waals surface area contributed by atoms with E-state index in [1.165, 1.54) is 0 Å². The van der Waals surface area contributed by atoms with Crippen LogP contribution in [0.5, 0.6) is 0 Å². The lowest BCUT2D eigenvalue weighted by Gasteiger charge is -2.19. The molecule has 0 bridgehead atoms. The van der Waals surface area contributed by atoms with Gasteiger partial charge in [0, 0.05) is 17.8 Å². The van der Waals surface area contributed by atoms with E-state index in [2.05, 4.69) is 16.0 Å². The number of carbonyl (C=O) groups excluding carboxylic acids is 3. The Labute approximate surface area is 177 Å². The highest BCUT2D eigenvalue weighted by Crippen LogP contribution is 2.15. The zero-order valence-corrected chi connectivity index (χ0v) is 18.1. The molecule has 0 atom stereocenters. The molecule has 0 unspecified atom stereocenters. The van der Waals surface area contributed by atoms with Gasteiger partial charge < -0.3 is 20.7 Å². The number of amides is 3. The van der Waals surface area contributed by atoms with Crippen LogP contribution in [-0.4, -0.2) is 30.1 Å². The number of hydrogen-bond acceptors (Lipinski definition) is 4. The monoisotopic (exact) mass is 411 g/mol. The molecule has 0 aliphatic rings. The van der Waals surface area contributed by atoms with Gasteiger partial charge in [-0.3, -0.25) is 9.59 Å². The van der Waals surface area contributed by atoms with E-state index in [9.17, 15) is 14.4 Å². The van der Waals surface area contributed by atoms with Crippen molar-refractivity contribution in [1.82, 2.24) is 10.6 Å². The van der Waals surface area contributed by atoms with Gasteiger partial charge in [-0.15, -0.1) is 0 Å². The average Bonchev–Trinajstić information content (AvgIpc) is 2.66. The van der Waals surface area contributed by atoms with E-state index in [1.807, 2.05) is 32.0 Å². The Morgan fingerprint density at radius 1 is 0.933 bits per heavy atom. The Kier molecular flexibility index (Phi) is 7.58. The highest BCUT2D eigenvalue weighted by Gasteiger charge is 2.16. The summed E-state index contributed by atoms with van der Waals surface area (Å²) in [4.78, 5) is 36.0. The first-order valence-corrected chi connectivity index (χ1v) is 9.74. The van der Waals surface area contributed by atoms with E-state index in [-0.39, 0.29) is 24.9 Å². The lowest BCUT2D eigenvalue weighted by molar-refractivity contribution is -0.120. The second-order valence-electron chi connectivity index (χ2n) is 8.09. The van der Waals surface area contributed by atoms with Crippen LogP contribution in [0.3, 0.4) is 0 Å². The van der Waals surface area contributed by atoms with Gasteiger partial charge in [0.2, 0.25) is 5.91 Å². The van der Waals surface area contributed by atoms with Gasteiger partial charge in [-0.25, -0.2) is 4.79 Å². The molecule has 2 rings (SSSR count). The van der Waals surface area contributed by atoms with Crippen molar-refractivity contribution >= 4 is 23.6 Å². The quantitative estimate of drug-likeness (QED) is 0.675. The van der Waals surface area contributed by atoms with Crippen molar-refractivity contribution in [1.29, 1.82) is 0 Å². The maximum absolute atomic E-state index is 12.5. The highest BCUT2D eigenvalue weighted by molar-refractivity contribution is 6.04. The topological polar surface area (TPSA) is 96.5 Å². The van der Waals surface area contributed by atoms with Crippen molar-refractivity contribution in [2.45, 2.75) is 46.8 Å². The second-order valence-corrected chi connectivity index (χ2v) is 8.09. The Balaban J connectivity index is 1.86. The summed E-state index contributed by atoms with van der Waals surface area (Å²) < 4.78 is 5.08. The number of aryl methyl sites for hydroxylation is 2. The molecule has 2 aromatic carbocycles. The van der Waals surface area contributed by atoms with E-state index >= 15 is 0 Å². The first kappa shape index (κ1) is 22.9. The smallest absolute Gasteiger partial charge is 0.408 e. The Hall–Kier alpha value is -3.35. The first-order chi connectivity index (χ1) is 14.0. The standard InChI is InChI=1S/C23H29N3O4/c1-15-9-10-18(11-16(15)2)21(28)26-19-8-6-7-17(12-19)13-24-20(27)14-25-22(29)30-23(3,4)5/h6-12H,13-14H2,1-5H3,(H,24,27)(H,25,29)(H,26,28). The summed E-state index contributed by atoms with van der Waals surface area (Å²) in [6, 6.07) is 12.8. The summed E-state index contributed by atoms with van der Waals surface area (Å²) in [5, 5.41) is 8.00. The van der Waals surface area contributed by atoms with Gasteiger partial charge >= 0.3 is 6.09 Å². The molecule has 0 radical (unpaired) electrons. The number of benzene rings is 2. The average molecular weight is 412 g/mol. The van der Waals surface area contributed by atoms with Gasteiger partial charge in [0.1, 0.15) is 12.1 Å². The number of hydrogen-bond donors (Lipinski definition) is 3. The van der Waals surface area contributed by atoms with E-state index in [4.69, 9.17) is 4.74 Å². The maximum atomic E-state index is 12.5. The van der Waals surface area contributed by atoms with Gasteiger partial charge in [-0.05, 0) is 75.6 Å². The maximum Gasteiger partial charge on any atom is 0.408 e. The Morgan fingerprint density at radius 3 is 2.33 bits per heavy atom. The van der Waals surface area contributed by atoms with Crippen molar-refractivity contribution in [2.75, 3.05) is 11.9 Å². The number of rotatable bonds is 6. The third-order valence-corrected chi connectivity index (χ3v) is 4.24. The lowest BCUT2D eigenvalue weighted by Crippen LogP contribution is -2.39. The van der Waals surface area contributed by atoms with Gasteiger partial charge in [-0.2, -0.15) is 0 Å². The van der Waals surface area contributed by atoms with Crippen molar-refractivity contribution in [3.05, 3.63) is 64.7 Å². The fourth-order valence-corrected chi connectivity index (χ4v) is 2.57. The second kappa shape index (κ2) is 9.91. The molecule has 0 aliphatic heterocycles. The molecule has 2 aromatic rings. The van der Waals surface area contributed by atoms with Crippen molar-refractivity contribution in [3.63, 3.8) is 0 Å². The third-order valence-electron chi connectivity index (χ3n) is 4.24. The predicted octanol–water partition coefficient (Wildman–Crippen LogP) is 3.70. The molecule has 0 saturated heterocycles. The van der Waals surface area contributed by atoms with Crippen LogP contribution in [0.4, 0.5) is 10.5 Å². The summed E-state index contributed by atoms with van der Waals surface area (Å²) in [7, 11) is 0. The van der Waals surface area contributed by atoms with Crippen molar-refractivity contribution < 1.29 is 19.1 Å². The summed E-state index contributed by atoms with van der Waals surface area (Å²) in [5.41, 5.74) is 3.60.